The van der Waals surface area contributed by atoms with E-state index in [0.717, 1.165) is 13.1 Å². The zero-order chi connectivity index (χ0) is 16.7. The van der Waals surface area contributed by atoms with Gasteiger partial charge < -0.3 is 20.8 Å². The second kappa shape index (κ2) is 8.38. The lowest BCUT2D eigenvalue weighted by Crippen LogP contribution is -2.39. The van der Waals surface area contributed by atoms with Crippen LogP contribution in [-0.4, -0.2) is 25.0 Å². The average molecular weight is 334 g/mol. The van der Waals surface area contributed by atoms with Crippen LogP contribution in [-0.2, 0) is 6.54 Å². The van der Waals surface area contributed by atoms with Crippen LogP contribution in [0.3, 0.4) is 0 Å². The van der Waals surface area contributed by atoms with Crippen molar-refractivity contribution in [1.82, 2.24) is 10.6 Å². The smallest absolute Gasteiger partial charge is 0.284 e. The largest absolute Gasteiger partial charge is 0.454 e. The molecule has 0 saturated carbocycles. The number of amides is 1. The van der Waals surface area contributed by atoms with E-state index in [1.54, 1.807) is 23.5 Å². The quantitative estimate of drug-likeness (QED) is 0.535. The number of rotatable bonds is 7. The summed E-state index contributed by atoms with van der Waals surface area (Å²) in [7, 11) is 0. The summed E-state index contributed by atoms with van der Waals surface area (Å²) in [6.07, 6.45) is 0. The molecule has 0 aromatic carbocycles. The van der Waals surface area contributed by atoms with Gasteiger partial charge in [-0.3, -0.25) is 4.79 Å². The van der Waals surface area contributed by atoms with E-state index in [9.17, 15) is 4.79 Å². The summed E-state index contributed by atoms with van der Waals surface area (Å²) in [5.41, 5.74) is 6.48. The van der Waals surface area contributed by atoms with Crippen LogP contribution in [0.25, 0.3) is 0 Å². The number of nitrogens with two attached hydrogens (primary N) is 1. The van der Waals surface area contributed by atoms with Crippen molar-refractivity contribution >= 4 is 23.2 Å². The Hall–Kier alpha value is -2.28. The van der Waals surface area contributed by atoms with Crippen LogP contribution < -0.4 is 16.4 Å². The number of furan rings is 1. The van der Waals surface area contributed by atoms with Gasteiger partial charge in [-0.1, -0.05) is 6.92 Å². The highest BCUT2D eigenvalue weighted by molar-refractivity contribution is 7.07. The number of primary amides is 1. The number of thiophene rings is 1. The van der Waals surface area contributed by atoms with E-state index < -0.39 is 5.91 Å². The molecule has 124 valence electrons. The fraction of sp³-hybridized carbons (Fsp3) is 0.375. The van der Waals surface area contributed by atoms with Crippen LogP contribution in [0.15, 0.2) is 38.4 Å². The summed E-state index contributed by atoms with van der Waals surface area (Å²) in [5.74, 6) is 1.29. The maximum Gasteiger partial charge on any atom is 0.284 e. The molecule has 2 rings (SSSR count). The molecule has 7 heteroatoms. The van der Waals surface area contributed by atoms with Gasteiger partial charge in [-0.05, 0) is 47.4 Å². The Morgan fingerprint density at radius 1 is 1.39 bits per heavy atom. The van der Waals surface area contributed by atoms with Gasteiger partial charge >= 0.3 is 0 Å². The molecule has 1 amide bonds. The molecule has 6 nitrogen and oxygen atoms in total. The number of hydrogen-bond donors (Lipinski definition) is 3. The summed E-state index contributed by atoms with van der Waals surface area (Å²) < 4.78 is 5.32. The average Bonchev–Trinajstić information content (AvgIpc) is 3.20. The van der Waals surface area contributed by atoms with Crippen molar-refractivity contribution in [3.8, 4) is 0 Å². The highest BCUT2D eigenvalue weighted by atomic mass is 32.1. The number of aliphatic imine (C=N–C) groups is 1. The number of hydrogen-bond acceptors (Lipinski definition) is 4. The van der Waals surface area contributed by atoms with Crippen LogP contribution in [0.5, 0.6) is 0 Å². The predicted octanol–water partition coefficient (Wildman–Crippen LogP) is 2.30. The molecule has 0 fully saturated rings. The molecule has 2 heterocycles. The Balaban J connectivity index is 1.92. The molecule has 0 aliphatic heterocycles. The lowest BCUT2D eigenvalue weighted by atomic mass is 10.1. The van der Waals surface area contributed by atoms with Gasteiger partial charge in [0.05, 0.1) is 0 Å². The van der Waals surface area contributed by atoms with E-state index in [-0.39, 0.29) is 5.76 Å². The lowest BCUT2D eigenvalue weighted by molar-refractivity contribution is 0.0972. The molecule has 2 aromatic heterocycles. The molecule has 0 saturated heterocycles. The molecule has 23 heavy (non-hydrogen) atoms. The third-order valence-corrected chi connectivity index (χ3v) is 4.03. The highest BCUT2D eigenvalue weighted by Crippen LogP contribution is 2.17. The molecule has 2 aromatic rings. The molecular formula is C16H22N4O2S. The summed E-state index contributed by atoms with van der Waals surface area (Å²) in [6, 6.07) is 5.41. The summed E-state index contributed by atoms with van der Waals surface area (Å²) in [6.45, 7) is 6.08. The van der Waals surface area contributed by atoms with E-state index in [2.05, 4.69) is 39.4 Å². The van der Waals surface area contributed by atoms with Crippen LogP contribution in [0.2, 0.25) is 0 Å². The minimum atomic E-state index is -0.574. The van der Waals surface area contributed by atoms with Gasteiger partial charge in [0.25, 0.3) is 5.91 Å². The second-order valence-electron chi connectivity index (χ2n) is 5.16. The molecule has 0 radical (unpaired) electrons. The summed E-state index contributed by atoms with van der Waals surface area (Å²) >= 11 is 1.70. The third-order valence-electron chi connectivity index (χ3n) is 3.33. The first-order valence-electron chi connectivity index (χ1n) is 7.53. The van der Waals surface area contributed by atoms with Crippen molar-refractivity contribution in [2.24, 2.45) is 10.7 Å². The van der Waals surface area contributed by atoms with Crippen LogP contribution >= 0.6 is 11.3 Å². The third kappa shape index (κ3) is 5.14. The van der Waals surface area contributed by atoms with Crippen LogP contribution in [0, 0.1) is 0 Å². The molecule has 0 spiro atoms. The Labute approximate surface area is 139 Å². The Morgan fingerprint density at radius 3 is 2.83 bits per heavy atom. The molecule has 0 aliphatic rings. The van der Waals surface area contributed by atoms with Crippen LogP contribution in [0.4, 0.5) is 0 Å². The van der Waals surface area contributed by atoms with Crippen molar-refractivity contribution in [3.63, 3.8) is 0 Å². The first-order valence-corrected chi connectivity index (χ1v) is 8.47. The Morgan fingerprint density at radius 2 is 2.22 bits per heavy atom. The zero-order valence-corrected chi connectivity index (χ0v) is 14.2. The summed E-state index contributed by atoms with van der Waals surface area (Å²) in [4.78, 5) is 15.5. The van der Waals surface area contributed by atoms with Gasteiger partial charge in [0.15, 0.2) is 11.7 Å². The minimum absolute atomic E-state index is 0.152. The van der Waals surface area contributed by atoms with Crippen molar-refractivity contribution in [1.29, 1.82) is 0 Å². The van der Waals surface area contributed by atoms with Gasteiger partial charge in [0.2, 0.25) is 0 Å². The first kappa shape index (κ1) is 17.1. The van der Waals surface area contributed by atoms with Crippen molar-refractivity contribution in [2.75, 3.05) is 13.1 Å². The lowest BCUT2D eigenvalue weighted by Gasteiger charge is -2.15. The maximum atomic E-state index is 11.0. The number of carbonyl (C=O) groups is 1. The normalized spacial score (nSPS) is 12.9. The zero-order valence-electron chi connectivity index (χ0n) is 13.3. The van der Waals surface area contributed by atoms with Gasteiger partial charge in [0.1, 0.15) is 12.3 Å². The highest BCUT2D eigenvalue weighted by Gasteiger charge is 2.09. The second-order valence-corrected chi connectivity index (χ2v) is 5.94. The number of carbonyl (C=O) groups excluding carboxylic acids is 1. The van der Waals surface area contributed by atoms with Gasteiger partial charge in [-0.2, -0.15) is 11.3 Å². The number of nitrogens with one attached hydrogen (secondary N) is 2. The molecule has 4 N–H and O–H groups in total. The fourth-order valence-corrected chi connectivity index (χ4v) is 2.80. The molecular weight excluding hydrogens is 312 g/mol. The molecule has 1 atom stereocenters. The van der Waals surface area contributed by atoms with E-state index in [1.165, 1.54) is 5.56 Å². The first-order chi connectivity index (χ1) is 11.1. The Kier molecular flexibility index (Phi) is 6.22. The summed E-state index contributed by atoms with van der Waals surface area (Å²) in [5, 5.41) is 10.7. The molecule has 0 bridgehead atoms. The monoisotopic (exact) mass is 334 g/mol. The van der Waals surface area contributed by atoms with E-state index in [1.807, 2.05) is 6.92 Å². The van der Waals surface area contributed by atoms with Crippen molar-refractivity contribution in [2.45, 2.75) is 26.3 Å². The fourth-order valence-electron chi connectivity index (χ4n) is 2.02. The van der Waals surface area contributed by atoms with E-state index in [0.29, 0.717) is 24.2 Å². The minimum Gasteiger partial charge on any atom is -0.454 e. The van der Waals surface area contributed by atoms with Gasteiger partial charge in [0, 0.05) is 13.1 Å². The SMILES string of the molecule is CCNC(=NCc1ccc(C(N)=O)o1)NCC(C)c1ccsc1. The topological polar surface area (TPSA) is 92.6 Å². The molecule has 0 aliphatic carbocycles. The van der Waals surface area contributed by atoms with Gasteiger partial charge in [-0.25, -0.2) is 4.99 Å². The molecule has 1 unspecified atom stereocenters. The predicted molar refractivity (Wildman–Crippen MR) is 92.8 cm³/mol. The number of nitrogens with zero attached hydrogens (tertiary/aromatic N) is 1. The van der Waals surface area contributed by atoms with E-state index >= 15 is 0 Å². The maximum absolute atomic E-state index is 11.0. The van der Waals surface area contributed by atoms with E-state index in [4.69, 9.17) is 10.2 Å². The van der Waals surface area contributed by atoms with Crippen molar-refractivity contribution < 1.29 is 9.21 Å². The Bertz CT molecular complexity index is 649. The number of guanidine groups is 1. The van der Waals surface area contributed by atoms with Gasteiger partial charge in [-0.15, -0.1) is 0 Å². The van der Waals surface area contributed by atoms with Crippen LogP contribution in [0.1, 0.15) is 41.6 Å². The van der Waals surface area contributed by atoms with Crippen molar-refractivity contribution in [3.05, 3.63) is 46.0 Å². The standard InChI is InChI=1S/C16H22N4O2S/c1-3-18-16(19-8-11(2)12-6-7-23-10-12)20-9-13-4-5-14(22-13)15(17)21/h4-7,10-11H,3,8-9H2,1-2H3,(H2,17,21)(H2,18,19,20).